The van der Waals surface area contributed by atoms with Crippen molar-refractivity contribution in [3.8, 4) is 0 Å². The lowest BCUT2D eigenvalue weighted by Crippen LogP contribution is -2.37. The fourth-order valence-corrected chi connectivity index (χ4v) is 2.92. The molecule has 0 aromatic carbocycles. The zero-order chi connectivity index (χ0) is 15.0. The van der Waals surface area contributed by atoms with Crippen LogP contribution in [0.5, 0.6) is 0 Å². The Morgan fingerprint density at radius 3 is 2.50 bits per heavy atom. The average Bonchev–Trinajstić information content (AvgIpc) is 2.87. The van der Waals surface area contributed by atoms with Gasteiger partial charge in [0, 0.05) is 19.1 Å². The van der Waals surface area contributed by atoms with Crippen LogP contribution < -0.4 is 5.73 Å². The highest BCUT2D eigenvalue weighted by atomic mass is 16.2. The number of hydrogen-bond donors (Lipinski definition) is 1. The molecule has 0 radical (unpaired) electrons. The van der Waals surface area contributed by atoms with Gasteiger partial charge in [0.05, 0.1) is 17.1 Å². The van der Waals surface area contributed by atoms with Crippen molar-refractivity contribution in [2.45, 2.75) is 33.4 Å². The second kappa shape index (κ2) is 5.44. The smallest absolute Gasteiger partial charge is 0.244 e. The minimum atomic E-state index is 0.117. The Morgan fingerprint density at radius 2 is 2.05 bits per heavy atom. The van der Waals surface area contributed by atoms with Gasteiger partial charge in [0.1, 0.15) is 6.54 Å². The Morgan fingerprint density at radius 1 is 1.40 bits per heavy atom. The fourth-order valence-electron chi connectivity index (χ4n) is 2.92. The van der Waals surface area contributed by atoms with Gasteiger partial charge in [-0.2, -0.15) is 5.10 Å². The van der Waals surface area contributed by atoms with Crippen LogP contribution in [0.25, 0.3) is 0 Å². The van der Waals surface area contributed by atoms with Crippen molar-refractivity contribution in [1.29, 1.82) is 0 Å². The standard InChI is InChI=1S/C14H25N5O/c1-9-6-18(7-12(9)17(4)5)13(20)8-19-11(3)14(15)10(2)16-19/h9,12H,6-8,15H2,1-5H3. The van der Waals surface area contributed by atoms with Crippen LogP contribution in [0.3, 0.4) is 0 Å². The Hall–Kier alpha value is -1.56. The van der Waals surface area contributed by atoms with Crippen LogP contribution in [0.1, 0.15) is 18.3 Å². The van der Waals surface area contributed by atoms with Crippen LogP contribution >= 0.6 is 0 Å². The summed E-state index contributed by atoms with van der Waals surface area (Å²) in [6, 6.07) is 0.435. The number of carbonyl (C=O) groups is 1. The number of anilines is 1. The number of aryl methyl sites for hydroxylation is 1. The molecule has 1 fully saturated rings. The molecule has 2 rings (SSSR count). The first-order chi connectivity index (χ1) is 9.31. The molecule has 2 heterocycles. The average molecular weight is 279 g/mol. The highest BCUT2D eigenvalue weighted by Crippen LogP contribution is 2.21. The number of nitrogen functional groups attached to an aromatic ring is 1. The lowest BCUT2D eigenvalue weighted by atomic mass is 10.1. The maximum absolute atomic E-state index is 12.4. The maximum Gasteiger partial charge on any atom is 0.244 e. The summed E-state index contributed by atoms with van der Waals surface area (Å²) in [5, 5.41) is 4.33. The number of aromatic nitrogens is 2. The Kier molecular flexibility index (Phi) is 4.04. The van der Waals surface area contributed by atoms with Crippen LogP contribution in [0, 0.1) is 19.8 Å². The molecule has 1 saturated heterocycles. The van der Waals surface area contributed by atoms with Crippen LogP contribution in [-0.4, -0.2) is 58.7 Å². The molecular weight excluding hydrogens is 254 g/mol. The van der Waals surface area contributed by atoms with Gasteiger partial charge < -0.3 is 15.5 Å². The van der Waals surface area contributed by atoms with E-state index in [-0.39, 0.29) is 12.5 Å². The van der Waals surface area contributed by atoms with E-state index in [0.29, 0.717) is 17.6 Å². The molecule has 2 unspecified atom stereocenters. The van der Waals surface area contributed by atoms with E-state index in [2.05, 4.69) is 31.0 Å². The van der Waals surface area contributed by atoms with Gasteiger partial charge in [-0.1, -0.05) is 6.92 Å². The molecule has 1 aliphatic rings. The summed E-state index contributed by atoms with van der Waals surface area (Å²) in [5.41, 5.74) is 8.24. The normalized spacial score (nSPS) is 22.8. The van der Waals surface area contributed by atoms with E-state index in [0.717, 1.165) is 24.5 Å². The first-order valence-electron chi connectivity index (χ1n) is 7.05. The SMILES string of the molecule is Cc1nn(CC(=O)N2CC(C)C(N(C)C)C2)c(C)c1N. The van der Waals surface area contributed by atoms with Crippen molar-refractivity contribution >= 4 is 11.6 Å². The molecule has 1 aromatic rings. The van der Waals surface area contributed by atoms with Crippen molar-refractivity contribution in [3.05, 3.63) is 11.4 Å². The summed E-state index contributed by atoms with van der Waals surface area (Å²) in [7, 11) is 4.13. The molecule has 6 heteroatoms. The summed E-state index contributed by atoms with van der Waals surface area (Å²) >= 11 is 0. The maximum atomic E-state index is 12.4. The monoisotopic (exact) mass is 279 g/mol. The van der Waals surface area contributed by atoms with Crippen molar-refractivity contribution < 1.29 is 4.79 Å². The van der Waals surface area contributed by atoms with E-state index in [1.54, 1.807) is 4.68 Å². The molecule has 1 amide bonds. The van der Waals surface area contributed by atoms with Gasteiger partial charge in [-0.15, -0.1) is 0 Å². The quantitative estimate of drug-likeness (QED) is 0.874. The van der Waals surface area contributed by atoms with E-state index in [1.165, 1.54) is 0 Å². The third-order valence-electron chi connectivity index (χ3n) is 4.31. The molecule has 1 aromatic heterocycles. The van der Waals surface area contributed by atoms with Crippen LogP contribution in [-0.2, 0) is 11.3 Å². The number of nitrogens with two attached hydrogens (primary N) is 1. The molecule has 0 saturated carbocycles. The minimum absolute atomic E-state index is 0.117. The number of rotatable bonds is 3. The van der Waals surface area contributed by atoms with Crippen molar-refractivity contribution in [3.63, 3.8) is 0 Å². The minimum Gasteiger partial charge on any atom is -0.396 e. The van der Waals surface area contributed by atoms with Crippen molar-refractivity contribution in [2.24, 2.45) is 5.92 Å². The van der Waals surface area contributed by atoms with Crippen molar-refractivity contribution in [1.82, 2.24) is 19.6 Å². The second-order valence-electron chi connectivity index (χ2n) is 6.05. The Balaban J connectivity index is 2.04. The van der Waals surface area contributed by atoms with Gasteiger partial charge in [0.2, 0.25) is 5.91 Å². The van der Waals surface area contributed by atoms with Gasteiger partial charge >= 0.3 is 0 Å². The topological polar surface area (TPSA) is 67.4 Å². The highest BCUT2D eigenvalue weighted by molar-refractivity contribution is 5.76. The number of amides is 1. The first-order valence-corrected chi connectivity index (χ1v) is 7.05. The summed E-state index contributed by atoms with van der Waals surface area (Å²) in [6.45, 7) is 7.84. The lowest BCUT2D eigenvalue weighted by Gasteiger charge is -2.22. The zero-order valence-electron chi connectivity index (χ0n) is 13.1. The third kappa shape index (κ3) is 2.65. The van der Waals surface area contributed by atoms with Crippen LogP contribution in [0.2, 0.25) is 0 Å². The second-order valence-corrected chi connectivity index (χ2v) is 6.05. The fraction of sp³-hybridized carbons (Fsp3) is 0.714. The van der Waals surface area contributed by atoms with E-state index in [1.807, 2.05) is 18.7 Å². The Labute approximate surface area is 120 Å². The zero-order valence-corrected chi connectivity index (χ0v) is 13.1. The van der Waals surface area contributed by atoms with Crippen molar-refractivity contribution in [2.75, 3.05) is 32.9 Å². The molecule has 2 N–H and O–H groups in total. The van der Waals surface area contributed by atoms with Gasteiger partial charge in [-0.05, 0) is 33.9 Å². The molecule has 0 spiro atoms. The van der Waals surface area contributed by atoms with Crippen LogP contribution in [0.15, 0.2) is 0 Å². The van der Waals surface area contributed by atoms with E-state index < -0.39 is 0 Å². The number of carbonyl (C=O) groups excluding carboxylic acids is 1. The Bertz CT molecular complexity index is 508. The predicted molar refractivity (Wildman–Crippen MR) is 79.3 cm³/mol. The summed E-state index contributed by atoms with van der Waals surface area (Å²) in [6.07, 6.45) is 0. The van der Waals surface area contributed by atoms with E-state index in [4.69, 9.17) is 5.73 Å². The summed E-state index contributed by atoms with van der Waals surface area (Å²) < 4.78 is 1.71. The van der Waals surface area contributed by atoms with Gasteiger partial charge in [-0.3, -0.25) is 9.48 Å². The van der Waals surface area contributed by atoms with Crippen LogP contribution in [0.4, 0.5) is 5.69 Å². The van der Waals surface area contributed by atoms with Gasteiger partial charge in [-0.25, -0.2) is 0 Å². The molecule has 112 valence electrons. The first kappa shape index (κ1) is 14.8. The summed E-state index contributed by atoms with van der Waals surface area (Å²) in [5.74, 6) is 0.617. The summed E-state index contributed by atoms with van der Waals surface area (Å²) in [4.78, 5) is 16.5. The van der Waals surface area contributed by atoms with Gasteiger partial charge in [0.25, 0.3) is 0 Å². The van der Waals surface area contributed by atoms with Gasteiger partial charge in [0.15, 0.2) is 0 Å². The number of nitrogens with zero attached hydrogens (tertiary/aromatic N) is 4. The molecular formula is C14H25N5O. The molecule has 1 aliphatic heterocycles. The number of hydrogen-bond acceptors (Lipinski definition) is 4. The van der Waals surface area contributed by atoms with E-state index in [9.17, 15) is 4.79 Å². The molecule has 20 heavy (non-hydrogen) atoms. The molecule has 0 bridgehead atoms. The third-order valence-corrected chi connectivity index (χ3v) is 4.31. The highest BCUT2D eigenvalue weighted by Gasteiger charge is 2.33. The predicted octanol–water partition coefficient (Wildman–Crippen LogP) is 0.491. The molecule has 0 aliphatic carbocycles. The number of likely N-dealkylation sites (N-methyl/N-ethyl adjacent to an activating group) is 1. The largest absolute Gasteiger partial charge is 0.396 e. The number of likely N-dealkylation sites (tertiary alicyclic amines) is 1. The molecule has 6 nitrogen and oxygen atoms in total. The van der Waals surface area contributed by atoms with E-state index >= 15 is 0 Å². The molecule has 2 atom stereocenters. The lowest BCUT2D eigenvalue weighted by molar-refractivity contribution is -0.131.